The Balaban J connectivity index is 0.00000225. The van der Waals surface area contributed by atoms with Crippen molar-refractivity contribution in [2.45, 2.75) is 36.3 Å². The van der Waals surface area contributed by atoms with Gasteiger partial charge in [-0.1, -0.05) is 30.3 Å². The summed E-state index contributed by atoms with van der Waals surface area (Å²) < 4.78 is 23.6. The molecule has 3 rings (SSSR count). The van der Waals surface area contributed by atoms with Gasteiger partial charge < -0.3 is 10.2 Å². The highest BCUT2D eigenvalue weighted by Crippen LogP contribution is 2.34. The fraction of sp³-hybridized carbons (Fsp3) is 0.611. The molecule has 1 amide bonds. The van der Waals surface area contributed by atoms with E-state index in [4.69, 9.17) is 0 Å². The minimum Gasteiger partial charge on any atom is -0.341 e. The van der Waals surface area contributed by atoms with Gasteiger partial charge in [0.25, 0.3) is 0 Å². The normalized spacial score (nSPS) is 21.4. The first-order valence-corrected chi connectivity index (χ1v) is 10.6. The average Bonchev–Trinajstić information content (AvgIpc) is 2.62. The number of hydrogen-bond donors (Lipinski definition) is 1. The second-order valence-electron chi connectivity index (χ2n) is 6.99. The van der Waals surface area contributed by atoms with Gasteiger partial charge in [0.1, 0.15) is 0 Å². The quantitative estimate of drug-likeness (QED) is 0.862. The summed E-state index contributed by atoms with van der Waals surface area (Å²) in [5.41, 5.74) is 1.31. The van der Waals surface area contributed by atoms with E-state index in [-0.39, 0.29) is 18.3 Å². The van der Waals surface area contributed by atoms with Crippen LogP contribution in [0.25, 0.3) is 0 Å². The van der Waals surface area contributed by atoms with Crippen molar-refractivity contribution in [2.24, 2.45) is 0 Å². The van der Waals surface area contributed by atoms with E-state index in [2.05, 4.69) is 17.4 Å². The van der Waals surface area contributed by atoms with Gasteiger partial charge in [-0.15, -0.1) is 12.4 Å². The van der Waals surface area contributed by atoms with E-state index in [9.17, 15) is 13.2 Å². The standard InChI is InChI=1S/C18H26N2O3S.ClH/c1-24(22,23)18(9-11-19-12-10-18)17(21)20-13-7-16(8-14-20)15-5-3-2-4-6-15;/h2-6,16,19H,7-14H2,1H3;1H. The molecule has 0 saturated carbocycles. The molecule has 0 radical (unpaired) electrons. The fourth-order valence-electron chi connectivity index (χ4n) is 4.00. The maximum atomic E-state index is 13.1. The molecule has 140 valence electrons. The lowest BCUT2D eigenvalue weighted by atomic mass is 9.88. The fourth-order valence-corrected chi connectivity index (χ4v) is 5.40. The van der Waals surface area contributed by atoms with E-state index >= 15 is 0 Å². The van der Waals surface area contributed by atoms with E-state index in [1.807, 2.05) is 18.2 Å². The van der Waals surface area contributed by atoms with Gasteiger partial charge in [0.2, 0.25) is 5.91 Å². The molecular weight excluding hydrogens is 360 g/mol. The van der Waals surface area contributed by atoms with Gasteiger partial charge >= 0.3 is 0 Å². The molecular formula is C18H27ClN2O3S. The molecule has 0 aliphatic carbocycles. The Kier molecular flexibility index (Phi) is 6.51. The first kappa shape index (κ1) is 20.2. The zero-order valence-corrected chi connectivity index (χ0v) is 16.2. The Morgan fingerprint density at radius 3 is 2.20 bits per heavy atom. The monoisotopic (exact) mass is 386 g/mol. The van der Waals surface area contributed by atoms with Crippen LogP contribution in [0.2, 0.25) is 0 Å². The highest BCUT2D eigenvalue weighted by atomic mass is 35.5. The lowest BCUT2D eigenvalue weighted by Gasteiger charge is -2.41. The van der Waals surface area contributed by atoms with E-state index in [1.165, 1.54) is 11.8 Å². The number of halogens is 1. The molecule has 0 bridgehead atoms. The largest absolute Gasteiger partial charge is 0.341 e. The predicted octanol–water partition coefficient (Wildman–Crippen LogP) is 1.98. The summed E-state index contributed by atoms with van der Waals surface area (Å²) in [7, 11) is -3.43. The number of benzene rings is 1. The molecule has 0 spiro atoms. The Bertz CT molecular complexity index is 680. The first-order chi connectivity index (χ1) is 11.4. The molecule has 2 saturated heterocycles. The van der Waals surface area contributed by atoms with E-state index in [0.717, 1.165) is 12.8 Å². The van der Waals surface area contributed by atoms with Gasteiger partial charge in [0.15, 0.2) is 14.6 Å². The molecule has 5 nitrogen and oxygen atoms in total. The van der Waals surface area contributed by atoms with Gasteiger partial charge in [0, 0.05) is 19.3 Å². The third kappa shape index (κ3) is 4.01. The van der Waals surface area contributed by atoms with Gasteiger partial charge in [-0.05, 0) is 50.3 Å². The maximum Gasteiger partial charge on any atom is 0.244 e. The minimum absolute atomic E-state index is 0. The van der Waals surface area contributed by atoms with Crippen molar-refractivity contribution in [1.82, 2.24) is 10.2 Å². The summed E-state index contributed by atoms with van der Waals surface area (Å²) in [6.07, 6.45) is 3.77. The van der Waals surface area contributed by atoms with Gasteiger partial charge in [-0.2, -0.15) is 0 Å². The van der Waals surface area contributed by atoms with Gasteiger partial charge in [0.05, 0.1) is 0 Å². The second kappa shape index (κ2) is 8.06. The summed E-state index contributed by atoms with van der Waals surface area (Å²) in [5, 5.41) is 3.16. The van der Waals surface area contributed by atoms with Crippen LogP contribution in [0, 0.1) is 0 Å². The number of carbonyl (C=O) groups is 1. The molecule has 0 aromatic heterocycles. The van der Waals surface area contributed by atoms with Crippen molar-refractivity contribution < 1.29 is 13.2 Å². The van der Waals surface area contributed by atoms with Crippen molar-refractivity contribution in [3.8, 4) is 0 Å². The highest BCUT2D eigenvalue weighted by molar-refractivity contribution is 7.92. The van der Waals surface area contributed by atoms with Crippen molar-refractivity contribution in [3.63, 3.8) is 0 Å². The maximum absolute atomic E-state index is 13.1. The number of rotatable bonds is 3. The summed E-state index contributed by atoms with van der Waals surface area (Å²) >= 11 is 0. The molecule has 25 heavy (non-hydrogen) atoms. The van der Waals surface area contributed by atoms with Crippen molar-refractivity contribution >= 4 is 28.2 Å². The van der Waals surface area contributed by atoms with Crippen LogP contribution in [-0.4, -0.2) is 56.4 Å². The lowest BCUT2D eigenvalue weighted by molar-refractivity contribution is -0.135. The zero-order valence-electron chi connectivity index (χ0n) is 14.6. The first-order valence-electron chi connectivity index (χ1n) is 8.69. The van der Waals surface area contributed by atoms with Crippen molar-refractivity contribution in [3.05, 3.63) is 35.9 Å². The predicted molar refractivity (Wildman–Crippen MR) is 102 cm³/mol. The van der Waals surface area contributed by atoms with Crippen LogP contribution in [0.15, 0.2) is 30.3 Å². The lowest BCUT2D eigenvalue weighted by Crippen LogP contribution is -2.59. The third-order valence-electron chi connectivity index (χ3n) is 5.56. The van der Waals surface area contributed by atoms with Gasteiger partial charge in [-0.3, -0.25) is 4.79 Å². The SMILES string of the molecule is CS(=O)(=O)C1(C(=O)N2CCC(c3ccccc3)CC2)CCNCC1.Cl. The van der Waals surface area contributed by atoms with Crippen LogP contribution in [0.1, 0.15) is 37.2 Å². The van der Waals surface area contributed by atoms with Crippen LogP contribution in [0.3, 0.4) is 0 Å². The molecule has 1 N–H and O–H groups in total. The minimum atomic E-state index is -3.43. The van der Waals surface area contributed by atoms with Crippen LogP contribution in [0.5, 0.6) is 0 Å². The Hall–Kier alpha value is -1.11. The summed E-state index contributed by atoms with van der Waals surface area (Å²) in [5.74, 6) is 0.274. The summed E-state index contributed by atoms with van der Waals surface area (Å²) in [6, 6.07) is 10.4. The Labute approximate surface area is 156 Å². The molecule has 1 aromatic carbocycles. The van der Waals surface area contributed by atoms with Crippen LogP contribution in [-0.2, 0) is 14.6 Å². The highest BCUT2D eigenvalue weighted by Gasteiger charge is 2.50. The van der Waals surface area contributed by atoms with Crippen molar-refractivity contribution in [2.75, 3.05) is 32.4 Å². The number of nitrogens with zero attached hydrogens (tertiary/aromatic N) is 1. The molecule has 2 heterocycles. The number of carbonyl (C=O) groups excluding carboxylic acids is 1. The molecule has 7 heteroatoms. The number of hydrogen-bond acceptors (Lipinski definition) is 4. The number of likely N-dealkylation sites (tertiary alicyclic amines) is 1. The molecule has 2 aliphatic heterocycles. The third-order valence-corrected chi connectivity index (χ3v) is 7.57. The molecule has 0 unspecified atom stereocenters. The van der Waals surface area contributed by atoms with Crippen LogP contribution >= 0.6 is 12.4 Å². The van der Waals surface area contributed by atoms with Crippen LogP contribution < -0.4 is 5.32 Å². The van der Waals surface area contributed by atoms with Crippen LogP contribution in [0.4, 0.5) is 0 Å². The van der Waals surface area contributed by atoms with E-state index in [1.54, 1.807) is 4.90 Å². The van der Waals surface area contributed by atoms with Crippen molar-refractivity contribution in [1.29, 1.82) is 0 Å². The summed E-state index contributed by atoms with van der Waals surface area (Å²) in [6.45, 7) is 2.45. The Morgan fingerprint density at radius 1 is 1.12 bits per heavy atom. The van der Waals surface area contributed by atoms with E-state index < -0.39 is 14.6 Å². The number of sulfone groups is 1. The molecule has 1 aromatic rings. The Morgan fingerprint density at radius 2 is 1.68 bits per heavy atom. The topological polar surface area (TPSA) is 66.5 Å². The van der Waals surface area contributed by atoms with Gasteiger partial charge in [-0.25, -0.2) is 8.42 Å². The molecule has 2 aliphatic rings. The summed E-state index contributed by atoms with van der Waals surface area (Å²) in [4.78, 5) is 14.9. The number of amides is 1. The number of nitrogens with one attached hydrogen (secondary N) is 1. The zero-order chi connectivity index (χ0) is 17.2. The number of piperidine rings is 2. The molecule has 2 fully saturated rings. The smallest absolute Gasteiger partial charge is 0.244 e. The average molecular weight is 387 g/mol. The molecule has 0 atom stereocenters. The second-order valence-corrected chi connectivity index (χ2v) is 9.32. The van der Waals surface area contributed by atoms with E-state index in [0.29, 0.717) is 44.9 Å².